The van der Waals surface area contributed by atoms with Gasteiger partial charge in [-0.25, -0.2) is 0 Å². The van der Waals surface area contributed by atoms with Gasteiger partial charge in [0.2, 0.25) is 0 Å². The molecule has 1 aromatic heterocycles. The minimum absolute atomic E-state index is 0.181. The van der Waals surface area contributed by atoms with Crippen molar-refractivity contribution in [3.63, 3.8) is 0 Å². The topological polar surface area (TPSA) is 106 Å². The molecule has 3 aromatic carbocycles. The van der Waals surface area contributed by atoms with Crippen LogP contribution in [0.1, 0.15) is 41.3 Å². The molecule has 0 aliphatic heterocycles. The van der Waals surface area contributed by atoms with Crippen molar-refractivity contribution in [2.45, 2.75) is 26.2 Å². The Balaban J connectivity index is 1.65. The van der Waals surface area contributed by atoms with E-state index in [9.17, 15) is 20.3 Å². The molecule has 1 atom stereocenters. The number of nitrogens with one attached hydrogen (secondary N) is 1. The van der Waals surface area contributed by atoms with Crippen LogP contribution in [0, 0.1) is 17.2 Å². The van der Waals surface area contributed by atoms with Crippen LogP contribution in [0.3, 0.4) is 0 Å². The number of benzene rings is 3. The average Bonchev–Trinajstić information content (AvgIpc) is 3.23. The van der Waals surface area contributed by atoms with Crippen LogP contribution >= 0.6 is 0 Å². The summed E-state index contributed by atoms with van der Waals surface area (Å²) in [5.41, 5.74) is 3.43. The lowest BCUT2D eigenvalue weighted by Gasteiger charge is -2.12. The first-order chi connectivity index (χ1) is 16.4. The zero-order chi connectivity index (χ0) is 24.2. The van der Waals surface area contributed by atoms with Crippen LogP contribution in [0.4, 0.5) is 0 Å². The normalized spacial score (nSPS) is 11.9. The van der Waals surface area contributed by atoms with E-state index in [2.05, 4.69) is 11.4 Å². The Morgan fingerprint density at radius 1 is 1.03 bits per heavy atom. The van der Waals surface area contributed by atoms with Gasteiger partial charge in [0.25, 0.3) is 5.91 Å². The van der Waals surface area contributed by atoms with Crippen molar-refractivity contribution in [2.24, 2.45) is 5.92 Å². The Labute approximate surface area is 198 Å². The van der Waals surface area contributed by atoms with E-state index < -0.39 is 5.92 Å². The molecule has 4 rings (SSSR count). The molecule has 1 unspecified atom stereocenters. The van der Waals surface area contributed by atoms with Gasteiger partial charge in [-0.15, -0.1) is 0 Å². The Bertz CT molecular complexity index is 1360. The van der Waals surface area contributed by atoms with E-state index in [0.29, 0.717) is 35.8 Å². The largest absolute Gasteiger partial charge is 0.504 e. The Hall–Kier alpha value is -4.24. The molecule has 172 valence electrons. The molecule has 34 heavy (non-hydrogen) atoms. The number of nitrogens with zero attached hydrogens (tertiary/aromatic N) is 1. The number of para-hydroxylation sites is 1. The molecule has 6 nitrogen and oxygen atoms in total. The van der Waals surface area contributed by atoms with E-state index in [0.717, 1.165) is 22.1 Å². The number of hydrogen-bond donors (Lipinski definition) is 3. The van der Waals surface area contributed by atoms with Gasteiger partial charge in [-0.1, -0.05) is 62.4 Å². The van der Waals surface area contributed by atoms with E-state index in [-0.39, 0.29) is 17.4 Å². The first-order valence-electron chi connectivity index (χ1n) is 11.2. The molecule has 0 fully saturated rings. The fourth-order valence-electron chi connectivity index (χ4n) is 3.90. The van der Waals surface area contributed by atoms with Gasteiger partial charge in [0, 0.05) is 17.5 Å². The lowest BCUT2D eigenvalue weighted by molar-refractivity contribution is 0.0950. The molecular formula is C28H26N2O4. The fourth-order valence-corrected chi connectivity index (χ4v) is 3.90. The first kappa shape index (κ1) is 22.9. The molecular weight excluding hydrogens is 428 g/mol. The maximum Gasteiger partial charge on any atom is 0.255 e. The zero-order valence-corrected chi connectivity index (χ0v) is 19.1. The minimum Gasteiger partial charge on any atom is -0.504 e. The molecule has 0 spiro atoms. The molecule has 3 N–H and O–H groups in total. The van der Waals surface area contributed by atoms with Crippen molar-refractivity contribution in [1.82, 2.24) is 5.32 Å². The van der Waals surface area contributed by atoms with Gasteiger partial charge in [-0.05, 0) is 41.7 Å². The van der Waals surface area contributed by atoms with Crippen LogP contribution in [-0.4, -0.2) is 22.7 Å². The van der Waals surface area contributed by atoms with Crippen LogP contribution in [0.2, 0.25) is 0 Å². The summed E-state index contributed by atoms with van der Waals surface area (Å²) in [5.74, 6) is -0.213. The van der Waals surface area contributed by atoms with Gasteiger partial charge < -0.3 is 19.9 Å². The number of aromatic hydroxyl groups is 2. The third kappa shape index (κ3) is 4.74. The van der Waals surface area contributed by atoms with Gasteiger partial charge in [0.05, 0.1) is 17.6 Å². The Kier molecular flexibility index (Phi) is 6.55. The Morgan fingerprint density at radius 3 is 2.44 bits per heavy atom. The average molecular weight is 455 g/mol. The molecule has 0 aliphatic rings. The van der Waals surface area contributed by atoms with Gasteiger partial charge in [-0.2, -0.15) is 5.26 Å². The lowest BCUT2D eigenvalue weighted by atomic mass is 9.92. The van der Waals surface area contributed by atoms with E-state index in [1.807, 2.05) is 62.4 Å². The molecule has 0 saturated heterocycles. The summed E-state index contributed by atoms with van der Waals surface area (Å²) in [7, 11) is 0. The van der Waals surface area contributed by atoms with E-state index >= 15 is 0 Å². The molecule has 0 aliphatic carbocycles. The zero-order valence-electron chi connectivity index (χ0n) is 19.1. The maximum absolute atomic E-state index is 13.0. The van der Waals surface area contributed by atoms with Gasteiger partial charge in [-0.3, -0.25) is 4.79 Å². The summed E-state index contributed by atoms with van der Waals surface area (Å²) in [6.45, 7) is 4.64. The number of fused-ring (bicyclic) bond motifs is 1. The van der Waals surface area contributed by atoms with Crippen LogP contribution in [0.5, 0.6) is 11.5 Å². The molecule has 1 heterocycles. The molecule has 0 saturated carbocycles. The van der Waals surface area contributed by atoms with Crippen molar-refractivity contribution >= 4 is 16.9 Å². The highest BCUT2D eigenvalue weighted by atomic mass is 16.3. The maximum atomic E-state index is 13.0. The number of hydrogen-bond acceptors (Lipinski definition) is 5. The molecule has 4 aromatic rings. The number of phenolic OH excluding ortho intramolecular Hbond substituents is 2. The summed E-state index contributed by atoms with van der Waals surface area (Å²) in [6.07, 6.45) is 0.386. The van der Waals surface area contributed by atoms with E-state index in [1.54, 1.807) is 6.07 Å². The standard InChI is InChI=1S/C28H26N2O4/c1-17(2)16-30-28(33)26-22-5-3-4-6-25(22)34-27(26)20-10-8-19(9-11-20)21(15-29)13-18-7-12-23(31)24(32)14-18/h3-12,14,17,21,31-32H,13,16H2,1-2H3,(H,30,33). The predicted molar refractivity (Wildman–Crippen MR) is 131 cm³/mol. The fraction of sp³-hybridized carbons (Fsp3) is 0.214. The number of amides is 1. The number of carbonyl (C=O) groups excluding carboxylic acids is 1. The molecule has 6 heteroatoms. The second kappa shape index (κ2) is 9.72. The smallest absolute Gasteiger partial charge is 0.255 e. The lowest BCUT2D eigenvalue weighted by Crippen LogP contribution is -2.27. The first-order valence-corrected chi connectivity index (χ1v) is 11.2. The highest BCUT2D eigenvalue weighted by Gasteiger charge is 2.22. The second-order valence-electron chi connectivity index (χ2n) is 8.74. The van der Waals surface area contributed by atoms with Crippen molar-refractivity contribution < 1.29 is 19.4 Å². The number of phenols is 2. The highest BCUT2D eigenvalue weighted by molar-refractivity contribution is 6.11. The summed E-state index contributed by atoms with van der Waals surface area (Å²) >= 11 is 0. The summed E-state index contributed by atoms with van der Waals surface area (Å²) in [6, 6.07) is 21.7. The molecule has 0 radical (unpaired) electrons. The van der Waals surface area contributed by atoms with Crippen molar-refractivity contribution in [1.29, 1.82) is 5.26 Å². The van der Waals surface area contributed by atoms with Crippen LogP contribution < -0.4 is 5.32 Å². The SMILES string of the molecule is CC(C)CNC(=O)c1c(-c2ccc(C(C#N)Cc3ccc(O)c(O)c3)cc2)oc2ccccc12. The second-order valence-corrected chi connectivity index (χ2v) is 8.74. The quantitative estimate of drug-likeness (QED) is 0.308. The van der Waals surface area contributed by atoms with Crippen LogP contribution in [0.15, 0.2) is 71.1 Å². The van der Waals surface area contributed by atoms with E-state index in [4.69, 9.17) is 4.42 Å². The summed E-state index contributed by atoms with van der Waals surface area (Å²) in [4.78, 5) is 13.0. The van der Waals surface area contributed by atoms with Crippen molar-refractivity contribution in [3.8, 4) is 28.9 Å². The summed E-state index contributed by atoms with van der Waals surface area (Å²) < 4.78 is 6.08. The number of carbonyl (C=O) groups is 1. The van der Waals surface area contributed by atoms with Gasteiger partial charge >= 0.3 is 0 Å². The number of furan rings is 1. The molecule has 1 amide bonds. The van der Waals surface area contributed by atoms with E-state index in [1.165, 1.54) is 12.1 Å². The number of nitriles is 1. The summed E-state index contributed by atoms with van der Waals surface area (Å²) in [5, 5.41) is 32.7. The van der Waals surface area contributed by atoms with Gasteiger partial charge in [0.1, 0.15) is 11.3 Å². The third-order valence-electron chi connectivity index (χ3n) is 5.70. The van der Waals surface area contributed by atoms with Crippen molar-refractivity contribution in [2.75, 3.05) is 6.54 Å². The monoisotopic (exact) mass is 454 g/mol. The van der Waals surface area contributed by atoms with Crippen molar-refractivity contribution in [3.05, 3.63) is 83.4 Å². The number of rotatable bonds is 7. The Morgan fingerprint density at radius 2 is 1.76 bits per heavy atom. The predicted octanol–water partition coefficient (Wildman–Crippen LogP) is 5.75. The highest BCUT2D eigenvalue weighted by Crippen LogP contribution is 2.35. The minimum atomic E-state index is -0.442. The van der Waals surface area contributed by atoms with Crippen LogP contribution in [0.25, 0.3) is 22.3 Å². The third-order valence-corrected chi connectivity index (χ3v) is 5.70. The van der Waals surface area contributed by atoms with Crippen LogP contribution in [-0.2, 0) is 6.42 Å². The van der Waals surface area contributed by atoms with Gasteiger partial charge in [0.15, 0.2) is 11.5 Å². The molecule has 0 bridgehead atoms.